The van der Waals surface area contributed by atoms with E-state index in [2.05, 4.69) is 9.97 Å². The van der Waals surface area contributed by atoms with Gasteiger partial charge in [-0.25, -0.2) is 4.98 Å². The summed E-state index contributed by atoms with van der Waals surface area (Å²) in [5.41, 5.74) is 0.773. The van der Waals surface area contributed by atoms with Crippen LogP contribution in [0.4, 0.5) is 0 Å². The van der Waals surface area contributed by atoms with Crippen LogP contribution in [-0.4, -0.2) is 38.4 Å². The van der Waals surface area contributed by atoms with E-state index in [4.69, 9.17) is 0 Å². The topological polar surface area (TPSA) is 88.1 Å². The van der Waals surface area contributed by atoms with Crippen molar-refractivity contribution in [2.75, 3.05) is 13.1 Å². The summed E-state index contributed by atoms with van der Waals surface area (Å²) in [5.74, 6) is 1.15. The van der Waals surface area contributed by atoms with Gasteiger partial charge in [-0.15, -0.1) is 0 Å². The third-order valence-corrected chi connectivity index (χ3v) is 5.78. The van der Waals surface area contributed by atoms with Gasteiger partial charge in [0.25, 0.3) is 17.0 Å². The van der Waals surface area contributed by atoms with Crippen LogP contribution in [0.15, 0.2) is 34.0 Å². The Morgan fingerprint density at radius 1 is 1.12 bits per heavy atom. The van der Waals surface area contributed by atoms with E-state index in [1.165, 1.54) is 6.20 Å². The Morgan fingerprint density at radius 2 is 1.96 bits per heavy atom. The molecule has 1 amide bonds. The molecule has 7 nitrogen and oxygen atoms in total. The van der Waals surface area contributed by atoms with E-state index in [0.29, 0.717) is 31.4 Å². The number of carbonyl (C=O) groups excluding carboxylic acids is 1. The molecule has 2 unspecified atom stereocenters. The number of H-pyrrole nitrogens is 1. The first kappa shape index (κ1) is 15.5. The Bertz CT molecular complexity index is 1000. The summed E-state index contributed by atoms with van der Waals surface area (Å²) in [6.45, 7) is 1.73. The van der Waals surface area contributed by atoms with Gasteiger partial charge in [-0.2, -0.15) is 0 Å². The Labute approximate surface area is 149 Å². The number of hydrogen-bond donors (Lipinski definition) is 1. The quantitative estimate of drug-likeness (QED) is 0.876. The molecule has 2 bridgehead atoms. The zero-order valence-corrected chi connectivity index (χ0v) is 14.4. The van der Waals surface area contributed by atoms with E-state index in [-0.39, 0.29) is 34.4 Å². The van der Waals surface area contributed by atoms with Gasteiger partial charge in [-0.05, 0) is 31.2 Å². The summed E-state index contributed by atoms with van der Waals surface area (Å²) >= 11 is 0. The number of aromatic amines is 1. The van der Waals surface area contributed by atoms with Crippen LogP contribution < -0.4 is 11.1 Å². The maximum atomic E-state index is 12.9. The van der Waals surface area contributed by atoms with Crippen molar-refractivity contribution in [2.24, 2.45) is 5.92 Å². The first-order valence-corrected chi connectivity index (χ1v) is 9.18. The number of carbonyl (C=O) groups is 1. The molecule has 2 aliphatic heterocycles. The monoisotopic (exact) mass is 352 g/mol. The molecular weight excluding hydrogens is 332 g/mol. The van der Waals surface area contributed by atoms with Crippen LogP contribution in [0.5, 0.6) is 0 Å². The molecule has 26 heavy (non-hydrogen) atoms. The second kappa shape index (κ2) is 5.65. The summed E-state index contributed by atoms with van der Waals surface area (Å²) in [6.07, 6.45) is 4.50. The van der Waals surface area contributed by atoms with Crippen LogP contribution in [-0.2, 0) is 6.54 Å². The third-order valence-electron chi connectivity index (χ3n) is 5.78. The second-order valence-electron chi connectivity index (χ2n) is 7.69. The molecule has 0 radical (unpaired) electrons. The van der Waals surface area contributed by atoms with Gasteiger partial charge in [-0.1, -0.05) is 6.07 Å². The van der Waals surface area contributed by atoms with Gasteiger partial charge in [0.2, 0.25) is 0 Å². The lowest BCUT2D eigenvalue weighted by Gasteiger charge is -2.42. The first-order chi connectivity index (χ1) is 12.6. The van der Waals surface area contributed by atoms with Crippen LogP contribution in [0.1, 0.15) is 53.0 Å². The maximum absolute atomic E-state index is 12.9. The van der Waals surface area contributed by atoms with Crippen molar-refractivity contribution in [3.05, 3.63) is 62.2 Å². The minimum Gasteiger partial charge on any atom is -0.337 e. The maximum Gasteiger partial charge on any atom is 0.263 e. The molecular formula is C19H20N4O3. The van der Waals surface area contributed by atoms with Crippen LogP contribution in [0, 0.1) is 5.92 Å². The summed E-state index contributed by atoms with van der Waals surface area (Å²) in [6, 6.07) is 5.33. The lowest BCUT2D eigenvalue weighted by molar-refractivity contribution is 0.0592. The Balaban J connectivity index is 1.43. The smallest absolute Gasteiger partial charge is 0.263 e. The molecule has 134 valence electrons. The molecule has 1 N–H and O–H groups in total. The van der Waals surface area contributed by atoms with Crippen molar-refractivity contribution in [1.82, 2.24) is 19.4 Å². The zero-order valence-electron chi connectivity index (χ0n) is 14.4. The zero-order chi connectivity index (χ0) is 17.8. The fourth-order valence-electron chi connectivity index (χ4n) is 4.36. The first-order valence-electron chi connectivity index (χ1n) is 9.18. The molecule has 7 heteroatoms. The van der Waals surface area contributed by atoms with E-state index >= 15 is 0 Å². The predicted molar refractivity (Wildman–Crippen MR) is 94.3 cm³/mol. The molecule has 1 saturated carbocycles. The molecule has 2 aromatic heterocycles. The Morgan fingerprint density at radius 3 is 2.73 bits per heavy atom. The number of rotatable bonds is 2. The van der Waals surface area contributed by atoms with Gasteiger partial charge >= 0.3 is 0 Å². The van der Waals surface area contributed by atoms with E-state index < -0.39 is 0 Å². The molecule has 5 rings (SSSR count). The molecule has 1 saturated heterocycles. The fourth-order valence-corrected chi connectivity index (χ4v) is 4.36. The second-order valence-corrected chi connectivity index (χ2v) is 7.69. The molecule has 4 heterocycles. The van der Waals surface area contributed by atoms with Crippen molar-refractivity contribution >= 4 is 5.91 Å². The van der Waals surface area contributed by atoms with E-state index in [1.807, 2.05) is 10.6 Å². The number of aromatic nitrogens is 3. The number of pyridine rings is 1. The van der Waals surface area contributed by atoms with Gasteiger partial charge in [0.1, 0.15) is 11.4 Å². The standard InChI is InChI=1S/C19H20N4O3/c24-16-3-1-2-15-13-6-11(9-23(15)16)8-22(10-13)19(26)14-7-20-17(12-4-5-12)21-18(14)25/h1-3,7,11-13H,4-6,8-10H2,(H,20,21,25). The highest BCUT2D eigenvalue weighted by molar-refractivity contribution is 5.93. The largest absolute Gasteiger partial charge is 0.337 e. The molecule has 3 aliphatic rings. The summed E-state index contributed by atoms with van der Waals surface area (Å²) in [4.78, 5) is 46.2. The average Bonchev–Trinajstić information content (AvgIpc) is 3.47. The van der Waals surface area contributed by atoms with Crippen molar-refractivity contribution in [1.29, 1.82) is 0 Å². The highest BCUT2D eigenvalue weighted by atomic mass is 16.2. The van der Waals surface area contributed by atoms with Gasteiger partial charge in [0.05, 0.1) is 0 Å². The van der Waals surface area contributed by atoms with Gasteiger partial charge in [0.15, 0.2) is 0 Å². The normalized spacial score (nSPS) is 24.2. The molecule has 0 spiro atoms. The molecule has 2 aromatic rings. The number of likely N-dealkylation sites (tertiary alicyclic amines) is 1. The lowest BCUT2D eigenvalue weighted by Crippen LogP contribution is -2.49. The number of nitrogens with one attached hydrogen (secondary N) is 1. The molecule has 1 aliphatic carbocycles. The number of amides is 1. The third kappa shape index (κ3) is 2.50. The molecule has 0 aromatic carbocycles. The van der Waals surface area contributed by atoms with Crippen LogP contribution in [0.25, 0.3) is 0 Å². The Kier molecular flexibility index (Phi) is 3.38. The van der Waals surface area contributed by atoms with Crippen LogP contribution >= 0.6 is 0 Å². The van der Waals surface area contributed by atoms with Gasteiger partial charge in [-0.3, -0.25) is 14.4 Å². The minimum atomic E-state index is -0.348. The van der Waals surface area contributed by atoms with Crippen LogP contribution in [0.2, 0.25) is 0 Å². The summed E-state index contributed by atoms with van der Waals surface area (Å²) in [7, 11) is 0. The highest BCUT2D eigenvalue weighted by Crippen LogP contribution is 2.37. The van der Waals surface area contributed by atoms with E-state index in [0.717, 1.165) is 25.0 Å². The molecule has 2 fully saturated rings. The number of fused-ring (bicyclic) bond motifs is 4. The average molecular weight is 352 g/mol. The van der Waals surface area contributed by atoms with Crippen molar-refractivity contribution < 1.29 is 4.79 Å². The van der Waals surface area contributed by atoms with Crippen molar-refractivity contribution in [3.63, 3.8) is 0 Å². The minimum absolute atomic E-state index is 0.0216. The predicted octanol–water partition coefficient (Wildman–Crippen LogP) is 1.07. The molecule has 2 atom stereocenters. The van der Waals surface area contributed by atoms with Crippen LogP contribution in [0.3, 0.4) is 0 Å². The van der Waals surface area contributed by atoms with E-state index in [9.17, 15) is 14.4 Å². The number of hydrogen-bond acceptors (Lipinski definition) is 4. The SMILES string of the molecule is O=C(c1cnc(C2CC2)[nH]c1=O)N1CC2CC(C1)c1cccc(=O)n1C2. The lowest BCUT2D eigenvalue weighted by atomic mass is 9.83. The van der Waals surface area contributed by atoms with Crippen molar-refractivity contribution in [2.45, 2.75) is 37.6 Å². The van der Waals surface area contributed by atoms with Gasteiger partial charge < -0.3 is 14.5 Å². The summed E-state index contributed by atoms with van der Waals surface area (Å²) < 4.78 is 1.83. The number of nitrogens with zero attached hydrogens (tertiary/aromatic N) is 3. The Hall–Kier alpha value is -2.70. The van der Waals surface area contributed by atoms with Crippen molar-refractivity contribution in [3.8, 4) is 0 Å². The number of piperidine rings is 1. The fraction of sp³-hybridized carbons (Fsp3) is 0.474. The summed E-state index contributed by atoms with van der Waals surface area (Å²) in [5, 5.41) is 0. The van der Waals surface area contributed by atoms with E-state index in [1.54, 1.807) is 17.0 Å². The van der Waals surface area contributed by atoms with Gasteiger partial charge in [0, 0.05) is 49.4 Å². The highest BCUT2D eigenvalue weighted by Gasteiger charge is 2.37.